The van der Waals surface area contributed by atoms with Gasteiger partial charge in [0.05, 0.1) is 31.5 Å². The summed E-state index contributed by atoms with van der Waals surface area (Å²) in [5.74, 6) is -2.29. The van der Waals surface area contributed by atoms with Crippen molar-refractivity contribution >= 4 is 29.2 Å². The summed E-state index contributed by atoms with van der Waals surface area (Å²) in [4.78, 5) is 36.7. The van der Waals surface area contributed by atoms with E-state index in [1.807, 2.05) is 0 Å². The van der Waals surface area contributed by atoms with Crippen LogP contribution in [0.4, 0.5) is 15.8 Å². The van der Waals surface area contributed by atoms with Gasteiger partial charge in [0, 0.05) is 19.2 Å². The number of methoxy groups -OCH3 is 1. The van der Waals surface area contributed by atoms with E-state index in [-0.39, 0.29) is 42.6 Å². The maximum Gasteiger partial charge on any atom is 0.337 e. The number of β-amino-alcohol motifs (C(OH)–C–C–N with tert-alkyl or cyclic N) is 1. The molecular formula is C16H18FN3O5. The molecule has 0 atom stereocenters. The fourth-order valence-corrected chi connectivity index (χ4v) is 2.39. The van der Waals surface area contributed by atoms with Crippen molar-refractivity contribution in [2.45, 2.75) is 6.92 Å². The van der Waals surface area contributed by atoms with Gasteiger partial charge in [-0.2, -0.15) is 0 Å². The van der Waals surface area contributed by atoms with Crippen LogP contribution in [0.1, 0.15) is 6.92 Å². The number of benzene rings is 1. The first-order valence-corrected chi connectivity index (χ1v) is 7.43. The number of amides is 2. The minimum atomic E-state index is -0.727. The van der Waals surface area contributed by atoms with Gasteiger partial charge in [-0.3, -0.25) is 9.59 Å². The number of esters is 1. The molecule has 2 rings (SSSR count). The third kappa shape index (κ3) is 4.13. The Kier molecular flexibility index (Phi) is 5.71. The van der Waals surface area contributed by atoms with Gasteiger partial charge < -0.3 is 25.4 Å². The average molecular weight is 351 g/mol. The summed E-state index contributed by atoms with van der Waals surface area (Å²) in [7, 11) is 1.17. The van der Waals surface area contributed by atoms with E-state index < -0.39 is 17.7 Å². The Morgan fingerprint density at radius 2 is 2.12 bits per heavy atom. The topological polar surface area (TPSA) is 108 Å². The fraction of sp³-hybridized carbons (Fsp3) is 0.312. The van der Waals surface area contributed by atoms with Crippen molar-refractivity contribution in [3.05, 3.63) is 35.3 Å². The van der Waals surface area contributed by atoms with E-state index in [4.69, 9.17) is 5.11 Å². The van der Waals surface area contributed by atoms with Gasteiger partial charge in [0.15, 0.2) is 0 Å². The Hall–Kier alpha value is -2.94. The molecule has 1 aliphatic heterocycles. The Labute approximate surface area is 143 Å². The molecule has 3 N–H and O–H groups in total. The van der Waals surface area contributed by atoms with Crippen molar-refractivity contribution in [3.63, 3.8) is 0 Å². The van der Waals surface area contributed by atoms with Crippen molar-refractivity contribution in [2.75, 3.05) is 37.4 Å². The average Bonchev–Trinajstić information content (AvgIpc) is 2.86. The van der Waals surface area contributed by atoms with Crippen LogP contribution in [0, 0.1) is 5.82 Å². The Morgan fingerprint density at radius 1 is 1.40 bits per heavy atom. The summed E-state index contributed by atoms with van der Waals surface area (Å²) < 4.78 is 18.7. The quantitative estimate of drug-likeness (QED) is 0.643. The molecule has 134 valence electrons. The number of aliphatic hydroxyl groups is 1. The van der Waals surface area contributed by atoms with E-state index in [1.165, 1.54) is 31.1 Å². The first kappa shape index (κ1) is 18.4. The van der Waals surface area contributed by atoms with Crippen molar-refractivity contribution in [2.24, 2.45) is 0 Å². The first-order chi connectivity index (χ1) is 11.9. The van der Waals surface area contributed by atoms with Gasteiger partial charge in [0.1, 0.15) is 11.5 Å². The zero-order valence-electron chi connectivity index (χ0n) is 13.8. The molecule has 1 aromatic carbocycles. The fourth-order valence-electron chi connectivity index (χ4n) is 2.39. The highest BCUT2D eigenvalue weighted by Crippen LogP contribution is 2.26. The maximum absolute atomic E-state index is 14.1. The lowest BCUT2D eigenvalue weighted by atomic mass is 10.2. The molecule has 0 unspecified atom stereocenters. The summed E-state index contributed by atoms with van der Waals surface area (Å²) in [5, 5.41) is 14.1. The number of ether oxygens (including phenoxy) is 1. The minimum absolute atomic E-state index is 0.0267. The second-order valence-corrected chi connectivity index (χ2v) is 5.30. The van der Waals surface area contributed by atoms with Crippen LogP contribution in [0.15, 0.2) is 29.5 Å². The predicted molar refractivity (Wildman–Crippen MR) is 87.0 cm³/mol. The molecule has 2 amide bonds. The smallest absolute Gasteiger partial charge is 0.337 e. The van der Waals surface area contributed by atoms with Gasteiger partial charge in [0.25, 0.3) is 5.91 Å². The summed E-state index contributed by atoms with van der Waals surface area (Å²) >= 11 is 0. The molecule has 0 spiro atoms. The molecule has 0 fully saturated rings. The zero-order chi connectivity index (χ0) is 18.6. The second-order valence-electron chi connectivity index (χ2n) is 5.30. The first-order valence-electron chi connectivity index (χ1n) is 7.43. The van der Waals surface area contributed by atoms with Crippen LogP contribution in [0.5, 0.6) is 0 Å². The van der Waals surface area contributed by atoms with Crippen LogP contribution in [0.25, 0.3) is 0 Å². The third-order valence-corrected chi connectivity index (χ3v) is 3.50. The van der Waals surface area contributed by atoms with Crippen molar-refractivity contribution in [1.82, 2.24) is 4.90 Å². The second kappa shape index (κ2) is 7.75. The standard InChI is InChI=1S/C16H18FN3O5/c1-9(22)18-10-3-4-12(17)13(7-10)19-14-11(16(24)25-2)8-20(5-6-21)15(14)23/h3-4,7,19,21H,5-6,8H2,1-2H3,(H,18,22). The Morgan fingerprint density at radius 3 is 2.72 bits per heavy atom. The normalized spacial score (nSPS) is 13.9. The van der Waals surface area contributed by atoms with Crippen LogP contribution in [-0.4, -0.2) is 54.6 Å². The lowest BCUT2D eigenvalue weighted by Gasteiger charge is -2.15. The summed E-state index contributed by atoms with van der Waals surface area (Å²) in [6, 6.07) is 3.80. The molecule has 0 saturated heterocycles. The third-order valence-electron chi connectivity index (χ3n) is 3.50. The number of nitrogens with zero attached hydrogens (tertiary/aromatic N) is 1. The number of carbonyl (C=O) groups excluding carboxylic acids is 3. The highest BCUT2D eigenvalue weighted by atomic mass is 19.1. The highest BCUT2D eigenvalue weighted by molar-refractivity contribution is 6.08. The molecule has 8 nitrogen and oxygen atoms in total. The highest BCUT2D eigenvalue weighted by Gasteiger charge is 2.34. The summed E-state index contributed by atoms with van der Waals surface area (Å²) in [5.41, 5.74) is 0.153. The lowest BCUT2D eigenvalue weighted by Crippen LogP contribution is -2.31. The summed E-state index contributed by atoms with van der Waals surface area (Å²) in [6.45, 7) is 1.00. The number of carbonyl (C=O) groups is 3. The van der Waals surface area contributed by atoms with Crippen LogP contribution in [0.3, 0.4) is 0 Å². The van der Waals surface area contributed by atoms with Crippen LogP contribution >= 0.6 is 0 Å². The molecule has 1 heterocycles. The number of hydrogen-bond acceptors (Lipinski definition) is 6. The van der Waals surface area contributed by atoms with Crippen molar-refractivity contribution < 1.29 is 28.6 Å². The van der Waals surface area contributed by atoms with Crippen molar-refractivity contribution in [3.8, 4) is 0 Å². The van der Waals surface area contributed by atoms with E-state index in [9.17, 15) is 18.8 Å². The minimum Gasteiger partial charge on any atom is -0.466 e. The van der Waals surface area contributed by atoms with E-state index in [1.54, 1.807) is 0 Å². The van der Waals surface area contributed by atoms with Crippen molar-refractivity contribution in [1.29, 1.82) is 0 Å². The van der Waals surface area contributed by atoms with Gasteiger partial charge in [0.2, 0.25) is 5.91 Å². The molecule has 9 heteroatoms. The number of nitrogens with one attached hydrogen (secondary N) is 2. The Bertz CT molecular complexity index is 747. The molecule has 1 aliphatic rings. The number of anilines is 2. The SMILES string of the molecule is COC(=O)C1=C(Nc2cc(NC(C)=O)ccc2F)C(=O)N(CCO)C1. The Balaban J connectivity index is 2.36. The number of hydrogen-bond donors (Lipinski definition) is 3. The molecule has 1 aromatic rings. The molecule has 0 aromatic heterocycles. The zero-order valence-corrected chi connectivity index (χ0v) is 13.8. The van der Waals surface area contributed by atoms with Crippen LogP contribution in [0.2, 0.25) is 0 Å². The number of aliphatic hydroxyl groups excluding tert-OH is 1. The number of rotatable bonds is 6. The van der Waals surface area contributed by atoms with E-state index >= 15 is 0 Å². The van der Waals surface area contributed by atoms with Gasteiger partial charge in [-0.05, 0) is 18.2 Å². The molecule has 0 radical (unpaired) electrons. The molecular weight excluding hydrogens is 333 g/mol. The van der Waals surface area contributed by atoms with Gasteiger partial charge in [-0.1, -0.05) is 0 Å². The molecule has 25 heavy (non-hydrogen) atoms. The van der Waals surface area contributed by atoms with Gasteiger partial charge in [-0.25, -0.2) is 9.18 Å². The predicted octanol–water partition coefficient (Wildman–Crippen LogP) is 0.458. The summed E-state index contributed by atoms with van der Waals surface area (Å²) in [6.07, 6.45) is 0. The molecule has 0 saturated carbocycles. The van der Waals surface area contributed by atoms with Gasteiger partial charge in [-0.15, -0.1) is 0 Å². The van der Waals surface area contributed by atoms with E-state index in [2.05, 4.69) is 15.4 Å². The molecule has 0 bridgehead atoms. The lowest BCUT2D eigenvalue weighted by molar-refractivity contribution is -0.136. The van der Waals surface area contributed by atoms with Crippen LogP contribution in [-0.2, 0) is 19.1 Å². The monoisotopic (exact) mass is 351 g/mol. The van der Waals surface area contributed by atoms with Gasteiger partial charge >= 0.3 is 5.97 Å². The van der Waals surface area contributed by atoms with E-state index in [0.29, 0.717) is 5.69 Å². The van der Waals surface area contributed by atoms with Crippen LogP contribution < -0.4 is 10.6 Å². The maximum atomic E-state index is 14.1. The number of halogens is 1. The van der Waals surface area contributed by atoms with E-state index in [0.717, 1.165) is 6.07 Å². The molecule has 0 aliphatic carbocycles. The largest absolute Gasteiger partial charge is 0.466 e.